The maximum absolute atomic E-state index is 12.1. The Labute approximate surface area is 119 Å². The van der Waals surface area contributed by atoms with E-state index in [1.807, 2.05) is 4.90 Å². The third-order valence-corrected chi connectivity index (χ3v) is 2.82. The zero-order valence-corrected chi connectivity index (χ0v) is 12.6. The van der Waals surface area contributed by atoms with Crippen LogP contribution in [0.25, 0.3) is 0 Å². The van der Waals surface area contributed by atoms with E-state index in [2.05, 4.69) is 4.74 Å². The molecule has 0 aliphatic carbocycles. The van der Waals surface area contributed by atoms with Crippen LogP contribution in [0.5, 0.6) is 0 Å². The molecule has 1 aliphatic heterocycles. The number of carbonyl (C=O) groups excluding carboxylic acids is 2. The largest absolute Gasteiger partial charge is 0.468 e. The molecule has 0 aromatic heterocycles. The molecule has 0 bridgehead atoms. The number of rotatable bonds is 4. The lowest BCUT2D eigenvalue weighted by Crippen LogP contribution is -2.46. The predicted octanol–water partition coefficient (Wildman–Crippen LogP) is 0.421. The molecule has 1 heterocycles. The smallest absolute Gasteiger partial charge is 0.411 e. The number of esters is 1. The van der Waals surface area contributed by atoms with E-state index in [0.29, 0.717) is 19.5 Å². The van der Waals surface area contributed by atoms with Crippen LogP contribution in [0.4, 0.5) is 4.79 Å². The lowest BCUT2D eigenvalue weighted by Gasteiger charge is -2.29. The summed E-state index contributed by atoms with van der Waals surface area (Å²) in [6.45, 7) is 6.53. The highest BCUT2D eigenvalue weighted by Crippen LogP contribution is 2.13. The van der Waals surface area contributed by atoms with Crippen molar-refractivity contribution in [1.29, 1.82) is 0 Å². The van der Waals surface area contributed by atoms with Gasteiger partial charge in [0, 0.05) is 13.1 Å². The molecule has 1 atom stereocenters. The molecule has 7 heteroatoms. The summed E-state index contributed by atoms with van der Waals surface area (Å²) in [6, 6.07) is 0. The van der Waals surface area contributed by atoms with Gasteiger partial charge in [-0.3, -0.25) is 14.6 Å². The van der Waals surface area contributed by atoms with Gasteiger partial charge in [-0.2, -0.15) is 0 Å². The third kappa shape index (κ3) is 5.75. The lowest BCUT2D eigenvalue weighted by molar-refractivity contribution is -0.142. The van der Waals surface area contributed by atoms with Gasteiger partial charge >= 0.3 is 12.1 Å². The monoisotopic (exact) mass is 288 g/mol. The molecule has 0 saturated carbocycles. The summed E-state index contributed by atoms with van der Waals surface area (Å²) in [5.74, 6) is -0.504. The second-order valence-corrected chi connectivity index (χ2v) is 5.92. The number of hydrogen-bond donors (Lipinski definition) is 1. The Bertz CT molecular complexity index is 353. The van der Waals surface area contributed by atoms with Crippen molar-refractivity contribution in [3.05, 3.63) is 0 Å². The fraction of sp³-hybridized carbons (Fsp3) is 0.846. The lowest BCUT2D eigenvalue weighted by atomic mass is 10.2. The fourth-order valence-corrected chi connectivity index (χ4v) is 1.90. The number of methoxy groups -OCH3 is 1. The first kappa shape index (κ1) is 16.7. The minimum absolute atomic E-state index is 0.169. The highest BCUT2D eigenvalue weighted by Gasteiger charge is 2.28. The van der Waals surface area contributed by atoms with E-state index >= 15 is 0 Å². The topological polar surface area (TPSA) is 79.3 Å². The molecule has 1 saturated heterocycles. The van der Waals surface area contributed by atoms with Crippen molar-refractivity contribution in [1.82, 2.24) is 9.80 Å². The molecule has 1 amide bonds. The summed E-state index contributed by atoms with van der Waals surface area (Å²) in [6.07, 6.45) is -0.279. The van der Waals surface area contributed by atoms with E-state index in [-0.39, 0.29) is 19.3 Å². The first-order valence-corrected chi connectivity index (χ1v) is 6.66. The van der Waals surface area contributed by atoms with Gasteiger partial charge in [0.05, 0.1) is 19.9 Å². The molecular formula is C13H24N2O5. The maximum Gasteiger partial charge on any atom is 0.411 e. The van der Waals surface area contributed by atoms with Crippen LogP contribution < -0.4 is 0 Å². The second-order valence-electron chi connectivity index (χ2n) is 5.92. The van der Waals surface area contributed by atoms with Crippen molar-refractivity contribution in [3.8, 4) is 0 Å². The van der Waals surface area contributed by atoms with Crippen LogP contribution in [0, 0.1) is 0 Å². The molecular weight excluding hydrogens is 264 g/mol. The number of aliphatic hydroxyl groups excluding tert-OH is 1. The zero-order chi connectivity index (χ0) is 15.3. The molecule has 1 unspecified atom stereocenters. The summed E-state index contributed by atoms with van der Waals surface area (Å²) >= 11 is 0. The molecule has 7 nitrogen and oxygen atoms in total. The van der Waals surface area contributed by atoms with Gasteiger partial charge in [0.1, 0.15) is 12.1 Å². The molecule has 20 heavy (non-hydrogen) atoms. The Balaban J connectivity index is 2.64. The van der Waals surface area contributed by atoms with Gasteiger partial charge in [-0.25, -0.2) is 4.79 Å². The van der Waals surface area contributed by atoms with E-state index in [1.54, 1.807) is 20.8 Å². The molecule has 1 aliphatic rings. The summed E-state index contributed by atoms with van der Waals surface area (Å²) in [5.41, 5.74) is -0.629. The van der Waals surface area contributed by atoms with Crippen molar-refractivity contribution in [2.45, 2.75) is 38.9 Å². The number of nitrogens with zero attached hydrogens (tertiary/aromatic N) is 2. The SMILES string of the molecule is COC(=O)CN(CN1CCC(O)C1)C(=O)OC(C)(C)C. The molecule has 0 radical (unpaired) electrons. The average Bonchev–Trinajstić information content (AvgIpc) is 2.71. The summed E-state index contributed by atoms with van der Waals surface area (Å²) in [4.78, 5) is 26.7. The fourth-order valence-electron chi connectivity index (χ4n) is 1.90. The zero-order valence-electron chi connectivity index (χ0n) is 12.6. The van der Waals surface area contributed by atoms with Crippen LogP contribution in [0.3, 0.4) is 0 Å². The second kappa shape index (κ2) is 6.90. The van der Waals surface area contributed by atoms with Crippen molar-refractivity contribution in [2.24, 2.45) is 0 Å². The highest BCUT2D eigenvalue weighted by atomic mass is 16.6. The number of amides is 1. The first-order chi connectivity index (χ1) is 9.21. The number of aliphatic hydroxyl groups is 1. The summed E-state index contributed by atoms with van der Waals surface area (Å²) < 4.78 is 9.86. The number of carbonyl (C=O) groups is 2. The first-order valence-electron chi connectivity index (χ1n) is 6.66. The quantitative estimate of drug-likeness (QED) is 0.755. The number of ether oxygens (including phenoxy) is 2. The molecule has 116 valence electrons. The standard InChI is InChI=1S/C13H24N2O5/c1-13(2,3)20-12(18)15(8-11(17)19-4)9-14-6-5-10(16)7-14/h10,16H,5-9H2,1-4H3. The Morgan fingerprint density at radius 3 is 2.50 bits per heavy atom. The van der Waals surface area contributed by atoms with Gasteiger partial charge in [-0.05, 0) is 27.2 Å². The van der Waals surface area contributed by atoms with E-state index < -0.39 is 17.7 Å². The molecule has 1 fully saturated rings. The van der Waals surface area contributed by atoms with Crippen LogP contribution in [0.1, 0.15) is 27.2 Å². The van der Waals surface area contributed by atoms with Gasteiger partial charge < -0.3 is 14.6 Å². The van der Waals surface area contributed by atoms with Crippen LogP contribution in [-0.2, 0) is 14.3 Å². The van der Waals surface area contributed by atoms with Gasteiger partial charge in [-0.1, -0.05) is 0 Å². The maximum atomic E-state index is 12.1. The minimum Gasteiger partial charge on any atom is -0.468 e. The van der Waals surface area contributed by atoms with Gasteiger partial charge in [0.25, 0.3) is 0 Å². The minimum atomic E-state index is -0.629. The number of β-amino-alcohol motifs (C(OH)–C–C–N with tert-alkyl or cyclic N) is 1. The Hall–Kier alpha value is -1.34. The number of likely N-dealkylation sites (tertiary alicyclic amines) is 1. The van der Waals surface area contributed by atoms with Crippen molar-refractivity contribution < 1.29 is 24.2 Å². The van der Waals surface area contributed by atoms with Crippen LogP contribution >= 0.6 is 0 Å². The van der Waals surface area contributed by atoms with Crippen LogP contribution in [0.2, 0.25) is 0 Å². The van der Waals surface area contributed by atoms with Gasteiger partial charge in [-0.15, -0.1) is 0 Å². The normalized spacial score (nSPS) is 19.8. The molecule has 0 spiro atoms. The molecule has 1 N–H and O–H groups in total. The summed E-state index contributed by atoms with van der Waals surface area (Å²) in [5, 5.41) is 9.50. The molecule has 0 aromatic rings. The van der Waals surface area contributed by atoms with E-state index in [4.69, 9.17) is 4.74 Å². The third-order valence-electron chi connectivity index (χ3n) is 2.82. The van der Waals surface area contributed by atoms with Crippen LogP contribution in [0.15, 0.2) is 0 Å². The van der Waals surface area contributed by atoms with Gasteiger partial charge in [0.2, 0.25) is 0 Å². The van der Waals surface area contributed by atoms with E-state index in [9.17, 15) is 14.7 Å². The Morgan fingerprint density at radius 2 is 2.05 bits per heavy atom. The van der Waals surface area contributed by atoms with E-state index in [0.717, 1.165) is 0 Å². The average molecular weight is 288 g/mol. The number of hydrogen-bond acceptors (Lipinski definition) is 6. The highest BCUT2D eigenvalue weighted by molar-refractivity contribution is 5.78. The molecule has 1 rings (SSSR count). The summed E-state index contributed by atoms with van der Waals surface area (Å²) in [7, 11) is 1.27. The van der Waals surface area contributed by atoms with E-state index in [1.165, 1.54) is 12.0 Å². The van der Waals surface area contributed by atoms with Crippen LogP contribution in [-0.4, -0.2) is 72.1 Å². The Kier molecular flexibility index (Phi) is 5.76. The van der Waals surface area contributed by atoms with Gasteiger partial charge in [0.15, 0.2) is 0 Å². The van der Waals surface area contributed by atoms with Crippen molar-refractivity contribution >= 4 is 12.1 Å². The molecule has 0 aromatic carbocycles. The van der Waals surface area contributed by atoms with Crippen molar-refractivity contribution in [3.63, 3.8) is 0 Å². The van der Waals surface area contributed by atoms with Crippen molar-refractivity contribution in [2.75, 3.05) is 33.4 Å². The Morgan fingerprint density at radius 1 is 1.40 bits per heavy atom. The predicted molar refractivity (Wildman–Crippen MR) is 72.0 cm³/mol.